The number of halogens is 3. The third-order valence-corrected chi connectivity index (χ3v) is 3.10. The van der Waals surface area contributed by atoms with Gasteiger partial charge in [-0.3, -0.25) is 4.79 Å². The minimum Gasteiger partial charge on any atom is -0.382 e. The summed E-state index contributed by atoms with van der Waals surface area (Å²) < 4.78 is 43.3. The van der Waals surface area contributed by atoms with Gasteiger partial charge in [-0.15, -0.1) is 0 Å². The van der Waals surface area contributed by atoms with Gasteiger partial charge in [0.2, 0.25) is 0 Å². The molecule has 1 aromatic heterocycles. The van der Waals surface area contributed by atoms with Crippen molar-refractivity contribution in [1.29, 1.82) is 0 Å². The topological polar surface area (TPSA) is 54.1 Å². The Morgan fingerprint density at radius 1 is 1.32 bits per heavy atom. The van der Waals surface area contributed by atoms with Crippen LogP contribution in [0.5, 0.6) is 0 Å². The van der Waals surface area contributed by atoms with Gasteiger partial charge >= 0.3 is 6.18 Å². The molecule has 0 aliphatic carbocycles. The van der Waals surface area contributed by atoms with Crippen LogP contribution in [0.25, 0.3) is 0 Å². The number of aromatic nitrogens is 1. The fourth-order valence-electron chi connectivity index (χ4n) is 2.03. The highest BCUT2D eigenvalue weighted by Crippen LogP contribution is 2.30. The molecule has 1 amide bonds. The maximum Gasteiger partial charge on any atom is 0.416 e. The summed E-state index contributed by atoms with van der Waals surface area (Å²) in [5.41, 5.74) is -0.107. The van der Waals surface area contributed by atoms with Crippen molar-refractivity contribution in [3.63, 3.8) is 0 Å². The van der Waals surface area contributed by atoms with E-state index < -0.39 is 23.7 Å². The van der Waals surface area contributed by atoms with Crippen LogP contribution >= 0.6 is 0 Å². The molecule has 0 radical (unpaired) electrons. The van der Waals surface area contributed by atoms with Crippen molar-refractivity contribution in [2.45, 2.75) is 12.2 Å². The summed E-state index contributed by atoms with van der Waals surface area (Å²) in [5, 5.41) is 2.65. The van der Waals surface area contributed by atoms with Crippen LogP contribution in [0, 0.1) is 0 Å². The SMILES string of the molecule is COC[C@H](NC(=O)c1ccc[nH]1)c1cccc(C(F)(F)F)c1. The van der Waals surface area contributed by atoms with E-state index in [9.17, 15) is 18.0 Å². The van der Waals surface area contributed by atoms with Gasteiger partial charge < -0.3 is 15.0 Å². The molecule has 0 fully saturated rings. The van der Waals surface area contributed by atoms with Crippen molar-refractivity contribution in [2.75, 3.05) is 13.7 Å². The van der Waals surface area contributed by atoms with Gasteiger partial charge in [-0.2, -0.15) is 13.2 Å². The van der Waals surface area contributed by atoms with E-state index in [2.05, 4.69) is 10.3 Å². The predicted octanol–water partition coefficient (Wildman–Crippen LogP) is 3.15. The molecule has 1 atom stereocenters. The lowest BCUT2D eigenvalue weighted by molar-refractivity contribution is -0.137. The van der Waals surface area contributed by atoms with Crippen LogP contribution in [0.3, 0.4) is 0 Å². The number of amides is 1. The maximum absolute atomic E-state index is 12.8. The van der Waals surface area contributed by atoms with Crippen LogP contribution < -0.4 is 5.32 Å². The Balaban J connectivity index is 2.22. The van der Waals surface area contributed by atoms with Crippen LogP contribution in [-0.4, -0.2) is 24.6 Å². The molecule has 4 nitrogen and oxygen atoms in total. The van der Waals surface area contributed by atoms with E-state index in [1.54, 1.807) is 18.3 Å². The number of hydrogen-bond donors (Lipinski definition) is 2. The highest BCUT2D eigenvalue weighted by Gasteiger charge is 2.31. The zero-order valence-corrected chi connectivity index (χ0v) is 11.8. The average Bonchev–Trinajstić information content (AvgIpc) is 3.00. The summed E-state index contributed by atoms with van der Waals surface area (Å²) in [6, 6.07) is 7.38. The number of nitrogens with one attached hydrogen (secondary N) is 2. The largest absolute Gasteiger partial charge is 0.416 e. The molecule has 0 bridgehead atoms. The van der Waals surface area contributed by atoms with Gasteiger partial charge in [0.15, 0.2) is 0 Å². The first-order valence-electron chi connectivity index (χ1n) is 6.52. The summed E-state index contributed by atoms with van der Waals surface area (Å²) in [4.78, 5) is 14.8. The van der Waals surface area contributed by atoms with E-state index in [1.165, 1.54) is 19.2 Å². The average molecular weight is 312 g/mol. The number of rotatable bonds is 5. The Morgan fingerprint density at radius 3 is 2.68 bits per heavy atom. The van der Waals surface area contributed by atoms with E-state index in [1.807, 2.05) is 0 Å². The van der Waals surface area contributed by atoms with Gasteiger partial charge in [-0.1, -0.05) is 12.1 Å². The first-order valence-corrected chi connectivity index (χ1v) is 6.52. The Bertz CT molecular complexity index is 624. The first-order chi connectivity index (χ1) is 10.4. The summed E-state index contributed by atoms with van der Waals surface area (Å²) >= 11 is 0. The molecular weight excluding hydrogens is 297 g/mol. The molecule has 2 N–H and O–H groups in total. The van der Waals surface area contributed by atoms with Crippen LogP contribution in [0.1, 0.15) is 27.7 Å². The minimum atomic E-state index is -4.43. The van der Waals surface area contributed by atoms with Crippen molar-refractivity contribution >= 4 is 5.91 Å². The van der Waals surface area contributed by atoms with E-state index >= 15 is 0 Å². The van der Waals surface area contributed by atoms with E-state index in [-0.39, 0.29) is 6.61 Å². The molecule has 2 rings (SSSR count). The predicted molar refractivity (Wildman–Crippen MR) is 74.3 cm³/mol. The standard InChI is InChI=1S/C15H15F3N2O2/c1-22-9-13(20-14(21)12-6-3-7-19-12)10-4-2-5-11(8-10)15(16,17)18/h2-8,13,19H,9H2,1H3,(H,20,21)/t13-/m0/s1. The molecule has 118 valence electrons. The first kappa shape index (κ1) is 16.1. The number of methoxy groups -OCH3 is 1. The second-order valence-electron chi connectivity index (χ2n) is 4.69. The summed E-state index contributed by atoms with van der Waals surface area (Å²) in [5.74, 6) is -0.413. The Hall–Kier alpha value is -2.28. The van der Waals surface area contributed by atoms with Gasteiger partial charge in [-0.05, 0) is 29.8 Å². The van der Waals surface area contributed by atoms with Gasteiger partial charge in [0.1, 0.15) is 5.69 Å². The molecule has 0 saturated carbocycles. The van der Waals surface area contributed by atoms with Gasteiger partial charge in [0, 0.05) is 13.3 Å². The lowest BCUT2D eigenvalue weighted by Crippen LogP contribution is -2.31. The van der Waals surface area contributed by atoms with Crippen molar-refractivity contribution in [1.82, 2.24) is 10.3 Å². The van der Waals surface area contributed by atoms with Gasteiger partial charge in [-0.25, -0.2) is 0 Å². The van der Waals surface area contributed by atoms with Crippen molar-refractivity contribution in [3.8, 4) is 0 Å². The fraction of sp³-hybridized carbons (Fsp3) is 0.267. The third kappa shape index (κ3) is 3.88. The molecule has 0 unspecified atom stereocenters. The maximum atomic E-state index is 12.8. The summed E-state index contributed by atoms with van der Waals surface area (Å²) in [6.45, 7) is 0.0633. The van der Waals surface area contributed by atoms with Crippen LogP contribution in [0.15, 0.2) is 42.6 Å². The molecule has 0 aliphatic rings. The number of hydrogen-bond acceptors (Lipinski definition) is 2. The Morgan fingerprint density at radius 2 is 2.09 bits per heavy atom. The number of carbonyl (C=O) groups excluding carboxylic acids is 1. The molecule has 0 spiro atoms. The third-order valence-electron chi connectivity index (χ3n) is 3.10. The van der Waals surface area contributed by atoms with Crippen LogP contribution in [0.4, 0.5) is 13.2 Å². The van der Waals surface area contributed by atoms with Gasteiger partial charge in [0.25, 0.3) is 5.91 Å². The van der Waals surface area contributed by atoms with E-state index in [4.69, 9.17) is 4.74 Å². The summed E-state index contributed by atoms with van der Waals surface area (Å²) in [7, 11) is 1.42. The zero-order valence-electron chi connectivity index (χ0n) is 11.8. The number of alkyl halides is 3. The number of benzene rings is 1. The number of ether oxygens (including phenoxy) is 1. The van der Waals surface area contributed by atoms with Crippen LogP contribution in [0.2, 0.25) is 0 Å². The minimum absolute atomic E-state index is 0.0633. The normalized spacial score (nSPS) is 12.9. The number of H-pyrrole nitrogens is 1. The smallest absolute Gasteiger partial charge is 0.382 e. The molecule has 0 aliphatic heterocycles. The Kier molecular flexibility index (Phi) is 4.87. The molecule has 0 saturated heterocycles. The van der Waals surface area contributed by atoms with Crippen molar-refractivity contribution < 1.29 is 22.7 Å². The molecular formula is C15H15F3N2O2. The number of aromatic amines is 1. The summed E-state index contributed by atoms with van der Waals surface area (Å²) in [6.07, 6.45) is -2.85. The van der Waals surface area contributed by atoms with Crippen molar-refractivity contribution in [3.05, 3.63) is 59.4 Å². The molecule has 1 heterocycles. The zero-order chi connectivity index (χ0) is 16.2. The molecule has 7 heteroatoms. The second-order valence-corrected chi connectivity index (χ2v) is 4.69. The fourth-order valence-corrected chi connectivity index (χ4v) is 2.03. The monoisotopic (exact) mass is 312 g/mol. The number of carbonyl (C=O) groups is 1. The lowest BCUT2D eigenvalue weighted by atomic mass is 10.0. The molecule has 2 aromatic rings. The Labute approximate surface area is 125 Å². The van der Waals surface area contributed by atoms with Crippen molar-refractivity contribution in [2.24, 2.45) is 0 Å². The second kappa shape index (κ2) is 6.65. The molecule has 1 aromatic carbocycles. The highest BCUT2D eigenvalue weighted by molar-refractivity contribution is 5.92. The quantitative estimate of drug-likeness (QED) is 0.891. The van der Waals surface area contributed by atoms with E-state index in [0.717, 1.165) is 12.1 Å². The highest BCUT2D eigenvalue weighted by atomic mass is 19.4. The van der Waals surface area contributed by atoms with E-state index in [0.29, 0.717) is 11.3 Å². The van der Waals surface area contributed by atoms with Crippen LogP contribution in [-0.2, 0) is 10.9 Å². The molecule has 22 heavy (non-hydrogen) atoms. The lowest BCUT2D eigenvalue weighted by Gasteiger charge is -2.19. The van der Waals surface area contributed by atoms with Gasteiger partial charge in [0.05, 0.1) is 18.2 Å².